The number of rotatable bonds is 8. The lowest BCUT2D eigenvalue weighted by atomic mass is 10.2. The Morgan fingerprint density at radius 3 is 2.44 bits per heavy atom. The molecule has 146 valence electrons. The second-order valence-corrected chi connectivity index (χ2v) is 9.24. The molecule has 1 atom stereocenters. The van der Waals surface area contributed by atoms with E-state index in [0.717, 1.165) is 21.5 Å². The van der Waals surface area contributed by atoms with E-state index in [-0.39, 0.29) is 5.69 Å². The van der Waals surface area contributed by atoms with Crippen LogP contribution < -0.4 is 9.62 Å². The average Bonchev–Trinajstić information content (AvgIpc) is 2.60. The number of thioether (sulfide) groups is 1. The summed E-state index contributed by atoms with van der Waals surface area (Å²) in [5.74, 6) is -0.611. The highest BCUT2D eigenvalue weighted by atomic mass is 35.5. The number of hydrogen-bond acceptors (Lipinski definition) is 4. The van der Waals surface area contributed by atoms with Crippen LogP contribution in [0.2, 0.25) is 5.02 Å². The van der Waals surface area contributed by atoms with Crippen LogP contribution >= 0.6 is 23.4 Å². The Morgan fingerprint density at radius 2 is 1.85 bits per heavy atom. The summed E-state index contributed by atoms with van der Waals surface area (Å²) in [6.07, 6.45) is 0.944. The number of para-hydroxylation sites is 1. The van der Waals surface area contributed by atoms with Gasteiger partial charge in [-0.1, -0.05) is 23.7 Å². The molecule has 0 unspecified atom stereocenters. The Kier molecular flexibility index (Phi) is 7.52. The van der Waals surface area contributed by atoms with Gasteiger partial charge in [0.05, 0.1) is 11.9 Å². The minimum Gasteiger partial charge on any atom is -0.353 e. The first kappa shape index (κ1) is 21.5. The Morgan fingerprint density at radius 1 is 1.22 bits per heavy atom. The van der Waals surface area contributed by atoms with Crippen LogP contribution in [-0.4, -0.2) is 38.9 Å². The van der Waals surface area contributed by atoms with Gasteiger partial charge in [0.25, 0.3) is 0 Å². The van der Waals surface area contributed by atoms with Crippen molar-refractivity contribution in [2.24, 2.45) is 0 Å². The molecule has 5 nitrogen and oxygen atoms in total. The van der Waals surface area contributed by atoms with Gasteiger partial charge in [0.2, 0.25) is 15.9 Å². The van der Waals surface area contributed by atoms with E-state index in [9.17, 15) is 17.6 Å². The SMILES string of the molecule is C[C@H](C(=O)NCCSc1ccc(Cl)cc1)N(c1ccccc1F)S(C)(=O)=O. The number of halogens is 2. The Hall–Kier alpha value is -1.77. The summed E-state index contributed by atoms with van der Waals surface area (Å²) in [6, 6.07) is 11.7. The molecule has 1 N–H and O–H groups in total. The Labute approximate surface area is 168 Å². The third kappa shape index (κ3) is 6.12. The second kappa shape index (κ2) is 9.43. The van der Waals surface area contributed by atoms with Crippen molar-refractivity contribution in [3.63, 3.8) is 0 Å². The number of carbonyl (C=O) groups is 1. The molecule has 0 aliphatic rings. The van der Waals surface area contributed by atoms with Crippen LogP contribution in [0.4, 0.5) is 10.1 Å². The molecule has 9 heteroatoms. The smallest absolute Gasteiger partial charge is 0.243 e. The lowest BCUT2D eigenvalue weighted by Gasteiger charge is -2.28. The minimum absolute atomic E-state index is 0.154. The van der Waals surface area contributed by atoms with E-state index in [1.807, 2.05) is 12.1 Å². The van der Waals surface area contributed by atoms with Crippen molar-refractivity contribution < 1.29 is 17.6 Å². The molecule has 0 aromatic heterocycles. The summed E-state index contributed by atoms with van der Waals surface area (Å²) in [6.45, 7) is 1.76. The van der Waals surface area contributed by atoms with Crippen LogP contribution in [0.25, 0.3) is 0 Å². The van der Waals surface area contributed by atoms with Crippen LogP contribution in [0.15, 0.2) is 53.4 Å². The van der Waals surface area contributed by atoms with Gasteiger partial charge in [0, 0.05) is 22.2 Å². The highest BCUT2D eigenvalue weighted by Gasteiger charge is 2.30. The lowest BCUT2D eigenvalue weighted by molar-refractivity contribution is -0.121. The normalized spacial score (nSPS) is 12.4. The molecular formula is C18H20ClFN2O3S2. The van der Waals surface area contributed by atoms with Gasteiger partial charge in [-0.05, 0) is 43.3 Å². The molecule has 0 radical (unpaired) electrons. The molecule has 0 bridgehead atoms. The van der Waals surface area contributed by atoms with E-state index >= 15 is 0 Å². The van der Waals surface area contributed by atoms with E-state index in [1.165, 1.54) is 36.9 Å². The van der Waals surface area contributed by atoms with Crippen molar-refractivity contribution in [1.29, 1.82) is 0 Å². The van der Waals surface area contributed by atoms with Crippen molar-refractivity contribution >= 4 is 45.0 Å². The van der Waals surface area contributed by atoms with Gasteiger partial charge in [-0.2, -0.15) is 0 Å². The first-order valence-electron chi connectivity index (χ1n) is 8.10. The van der Waals surface area contributed by atoms with Gasteiger partial charge < -0.3 is 5.32 Å². The van der Waals surface area contributed by atoms with Crippen molar-refractivity contribution in [3.05, 3.63) is 59.4 Å². The van der Waals surface area contributed by atoms with Gasteiger partial charge in [0.15, 0.2) is 0 Å². The summed E-state index contributed by atoms with van der Waals surface area (Å²) >= 11 is 7.36. The molecule has 0 spiro atoms. The summed E-state index contributed by atoms with van der Waals surface area (Å²) < 4.78 is 39.1. The summed E-state index contributed by atoms with van der Waals surface area (Å²) in [4.78, 5) is 13.4. The lowest BCUT2D eigenvalue weighted by Crippen LogP contribution is -2.48. The zero-order valence-electron chi connectivity index (χ0n) is 14.9. The Bertz CT molecular complexity index is 892. The van der Waals surface area contributed by atoms with Crippen LogP contribution in [0, 0.1) is 5.82 Å². The molecule has 27 heavy (non-hydrogen) atoms. The highest BCUT2D eigenvalue weighted by Crippen LogP contribution is 2.24. The monoisotopic (exact) mass is 430 g/mol. The minimum atomic E-state index is -3.85. The zero-order valence-corrected chi connectivity index (χ0v) is 17.2. The molecule has 2 aromatic carbocycles. The summed E-state index contributed by atoms with van der Waals surface area (Å²) in [7, 11) is -3.85. The van der Waals surface area contributed by atoms with E-state index in [4.69, 9.17) is 11.6 Å². The molecular weight excluding hydrogens is 411 g/mol. The van der Waals surface area contributed by atoms with Gasteiger partial charge in [-0.3, -0.25) is 9.10 Å². The maximum Gasteiger partial charge on any atom is 0.243 e. The molecule has 2 aromatic rings. The van der Waals surface area contributed by atoms with Gasteiger partial charge in [0.1, 0.15) is 11.9 Å². The fraction of sp³-hybridized carbons (Fsp3) is 0.278. The molecule has 0 saturated heterocycles. The van der Waals surface area contributed by atoms with E-state index < -0.39 is 27.8 Å². The predicted molar refractivity (Wildman–Crippen MR) is 108 cm³/mol. The first-order valence-corrected chi connectivity index (χ1v) is 11.3. The van der Waals surface area contributed by atoms with Crippen molar-refractivity contribution in [2.45, 2.75) is 17.9 Å². The molecule has 2 rings (SSSR count). The van der Waals surface area contributed by atoms with Crippen molar-refractivity contribution in [1.82, 2.24) is 5.32 Å². The summed E-state index contributed by atoms with van der Waals surface area (Å²) in [5, 5.41) is 3.34. The van der Waals surface area contributed by atoms with E-state index in [0.29, 0.717) is 17.3 Å². The van der Waals surface area contributed by atoms with Crippen LogP contribution in [0.3, 0.4) is 0 Å². The van der Waals surface area contributed by atoms with Crippen LogP contribution in [0.1, 0.15) is 6.92 Å². The molecule has 0 fully saturated rings. The third-order valence-electron chi connectivity index (χ3n) is 3.66. The maximum absolute atomic E-state index is 14.1. The number of carbonyl (C=O) groups excluding carboxylic acids is 1. The topological polar surface area (TPSA) is 66.5 Å². The zero-order chi connectivity index (χ0) is 20.0. The van der Waals surface area contributed by atoms with Crippen molar-refractivity contribution in [2.75, 3.05) is 22.9 Å². The summed E-state index contributed by atoms with van der Waals surface area (Å²) in [5.41, 5.74) is -0.154. The average molecular weight is 431 g/mol. The van der Waals surface area contributed by atoms with Gasteiger partial charge in [-0.25, -0.2) is 12.8 Å². The molecule has 0 aliphatic heterocycles. The predicted octanol–water partition coefficient (Wildman–Crippen LogP) is 3.54. The van der Waals surface area contributed by atoms with Crippen LogP contribution in [0.5, 0.6) is 0 Å². The van der Waals surface area contributed by atoms with E-state index in [2.05, 4.69) is 5.32 Å². The number of amides is 1. The fourth-order valence-electron chi connectivity index (χ4n) is 2.43. The number of benzene rings is 2. The largest absolute Gasteiger partial charge is 0.353 e. The number of sulfonamides is 1. The van der Waals surface area contributed by atoms with Crippen LogP contribution in [-0.2, 0) is 14.8 Å². The van der Waals surface area contributed by atoms with Gasteiger partial charge in [-0.15, -0.1) is 11.8 Å². The Balaban J connectivity index is 1.99. The van der Waals surface area contributed by atoms with Crippen molar-refractivity contribution in [3.8, 4) is 0 Å². The highest BCUT2D eigenvalue weighted by molar-refractivity contribution is 7.99. The van der Waals surface area contributed by atoms with Gasteiger partial charge >= 0.3 is 0 Å². The quantitative estimate of drug-likeness (QED) is 0.513. The number of nitrogens with zero attached hydrogens (tertiary/aromatic N) is 1. The molecule has 0 saturated carbocycles. The van der Waals surface area contributed by atoms with E-state index in [1.54, 1.807) is 12.1 Å². The standard InChI is InChI=1S/C18H20ClFN2O3S2/c1-13(22(27(2,24)25)17-6-4-3-5-16(17)20)18(23)21-11-12-26-15-9-7-14(19)8-10-15/h3-10,13H,11-12H2,1-2H3,(H,21,23)/t13-/m1/s1. The fourth-order valence-corrected chi connectivity index (χ4v) is 4.50. The molecule has 0 aliphatic carbocycles. The second-order valence-electron chi connectivity index (χ2n) is 5.78. The maximum atomic E-state index is 14.1. The first-order chi connectivity index (χ1) is 12.7. The third-order valence-corrected chi connectivity index (χ3v) is 6.16. The number of anilines is 1. The molecule has 0 heterocycles. The number of nitrogens with one attached hydrogen (secondary N) is 1. The number of hydrogen-bond donors (Lipinski definition) is 1. The molecule has 1 amide bonds.